The fraction of sp³-hybridized carbons (Fsp3) is 0.310. The van der Waals surface area contributed by atoms with Gasteiger partial charge in [0.05, 0.1) is 17.1 Å². The van der Waals surface area contributed by atoms with Crippen LogP contribution in [0.5, 0.6) is 0 Å². The second-order valence-corrected chi connectivity index (χ2v) is 10.2. The first kappa shape index (κ1) is 24.1. The van der Waals surface area contributed by atoms with Gasteiger partial charge in [0.25, 0.3) is 5.56 Å². The Hall–Kier alpha value is -2.66. The maximum absolute atomic E-state index is 13.5. The van der Waals surface area contributed by atoms with Gasteiger partial charge >= 0.3 is 0 Å². The fourth-order valence-corrected chi connectivity index (χ4v) is 5.37. The first-order valence-corrected chi connectivity index (χ1v) is 13.0. The highest BCUT2D eigenvalue weighted by Crippen LogP contribution is 2.24. The molecule has 1 aliphatic heterocycles. The van der Waals surface area contributed by atoms with Crippen molar-refractivity contribution in [3.8, 4) is 0 Å². The first-order valence-electron chi connectivity index (χ1n) is 12.3. The molecule has 3 aromatic carbocycles. The monoisotopic (exact) mass is 505 g/mol. The zero-order chi connectivity index (χ0) is 24.2. The average molecular weight is 506 g/mol. The lowest BCUT2D eigenvalue weighted by Gasteiger charge is -2.21. The Labute approximate surface area is 216 Å². The third-order valence-electron chi connectivity index (χ3n) is 6.93. The number of rotatable bonds is 6. The van der Waals surface area contributed by atoms with Crippen LogP contribution in [0.25, 0.3) is 10.8 Å². The van der Waals surface area contributed by atoms with Crippen molar-refractivity contribution in [1.29, 1.82) is 0 Å². The molecule has 1 fully saturated rings. The largest absolute Gasteiger partial charge is 0.303 e. The van der Waals surface area contributed by atoms with Crippen LogP contribution in [-0.4, -0.2) is 34.3 Å². The zero-order valence-corrected chi connectivity index (χ0v) is 21.2. The summed E-state index contributed by atoms with van der Waals surface area (Å²) in [5.41, 5.74) is 3.34. The van der Waals surface area contributed by atoms with Crippen LogP contribution in [0.3, 0.4) is 0 Å². The second kappa shape index (κ2) is 10.9. The van der Waals surface area contributed by atoms with Crippen LogP contribution < -0.4 is 5.56 Å². The molecule has 0 aliphatic carbocycles. The van der Waals surface area contributed by atoms with E-state index in [-0.39, 0.29) is 11.6 Å². The molecule has 1 atom stereocenters. The molecule has 0 N–H and O–H groups in total. The van der Waals surface area contributed by atoms with Crippen molar-refractivity contribution in [1.82, 2.24) is 14.7 Å². The molecular formula is C29H29Cl2N3O. The van der Waals surface area contributed by atoms with Crippen molar-refractivity contribution in [2.75, 3.05) is 19.6 Å². The third-order valence-corrected chi connectivity index (χ3v) is 7.42. The van der Waals surface area contributed by atoms with Gasteiger partial charge in [0.15, 0.2) is 0 Å². The summed E-state index contributed by atoms with van der Waals surface area (Å²) in [6.07, 6.45) is 4.56. The molecule has 2 heterocycles. The number of benzene rings is 3. The van der Waals surface area contributed by atoms with Gasteiger partial charge in [0, 0.05) is 34.9 Å². The van der Waals surface area contributed by atoms with Crippen molar-refractivity contribution in [3.05, 3.63) is 110 Å². The SMILES string of the molecule is O=c1c2ccccc2c(Cc2ccc(Cl)cc2)nn1C1CCCN(CCc2cccc(Cl)c2)CC1. The Morgan fingerprint density at radius 1 is 0.829 bits per heavy atom. The highest BCUT2D eigenvalue weighted by Gasteiger charge is 2.22. The molecule has 1 saturated heterocycles. The van der Waals surface area contributed by atoms with Crippen molar-refractivity contribution in [3.63, 3.8) is 0 Å². The Morgan fingerprint density at radius 3 is 2.43 bits per heavy atom. The zero-order valence-electron chi connectivity index (χ0n) is 19.7. The molecule has 6 heteroatoms. The lowest BCUT2D eigenvalue weighted by Crippen LogP contribution is -2.30. The van der Waals surface area contributed by atoms with Gasteiger partial charge in [-0.3, -0.25) is 4.79 Å². The summed E-state index contributed by atoms with van der Waals surface area (Å²) in [4.78, 5) is 16.0. The molecule has 1 aliphatic rings. The lowest BCUT2D eigenvalue weighted by molar-refractivity contribution is 0.281. The van der Waals surface area contributed by atoms with E-state index in [1.165, 1.54) is 5.56 Å². The van der Waals surface area contributed by atoms with Crippen LogP contribution in [0.4, 0.5) is 0 Å². The minimum absolute atomic E-state index is 0.0119. The van der Waals surface area contributed by atoms with Crippen molar-refractivity contribution >= 4 is 34.0 Å². The average Bonchev–Trinajstić information content (AvgIpc) is 3.11. The van der Waals surface area contributed by atoms with Crippen LogP contribution >= 0.6 is 23.2 Å². The minimum Gasteiger partial charge on any atom is -0.303 e. The first-order chi connectivity index (χ1) is 17.1. The topological polar surface area (TPSA) is 38.1 Å². The quantitative estimate of drug-likeness (QED) is 0.297. The van der Waals surface area contributed by atoms with Crippen molar-refractivity contribution in [2.24, 2.45) is 0 Å². The van der Waals surface area contributed by atoms with Crippen LogP contribution in [0.15, 0.2) is 77.6 Å². The van der Waals surface area contributed by atoms with E-state index >= 15 is 0 Å². The standard InChI is InChI=1S/C29H29Cl2N3O/c30-23-12-10-22(11-13-23)20-28-26-8-1-2-9-27(26)29(35)34(32-28)25-7-4-16-33(18-15-25)17-14-21-5-3-6-24(31)19-21/h1-3,5-6,8-13,19,25H,4,7,14-18,20H2. The van der Waals surface area contributed by atoms with Crippen molar-refractivity contribution in [2.45, 2.75) is 38.1 Å². The second-order valence-electron chi connectivity index (χ2n) is 9.35. The molecule has 4 nitrogen and oxygen atoms in total. The van der Waals surface area contributed by atoms with Gasteiger partial charge in [-0.2, -0.15) is 5.10 Å². The molecule has 0 amide bonds. The van der Waals surface area contributed by atoms with E-state index in [4.69, 9.17) is 28.3 Å². The van der Waals surface area contributed by atoms with Gasteiger partial charge < -0.3 is 4.90 Å². The normalized spacial score (nSPS) is 16.9. The highest BCUT2D eigenvalue weighted by molar-refractivity contribution is 6.30. The van der Waals surface area contributed by atoms with E-state index < -0.39 is 0 Å². The summed E-state index contributed by atoms with van der Waals surface area (Å²) < 4.78 is 1.77. The minimum atomic E-state index is 0.0119. The number of halogens is 2. The van der Waals surface area contributed by atoms with E-state index in [2.05, 4.69) is 11.0 Å². The summed E-state index contributed by atoms with van der Waals surface area (Å²) in [5, 5.41) is 8.13. The molecular weight excluding hydrogens is 477 g/mol. The number of fused-ring (bicyclic) bond motifs is 1. The van der Waals surface area contributed by atoms with Gasteiger partial charge in [-0.15, -0.1) is 0 Å². The van der Waals surface area contributed by atoms with Crippen LogP contribution in [0, 0.1) is 0 Å². The number of hydrogen-bond donors (Lipinski definition) is 0. The summed E-state index contributed by atoms with van der Waals surface area (Å²) in [6.45, 7) is 2.99. The van der Waals surface area contributed by atoms with E-state index in [1.807, 2.05) is 66.7 Å². The van der Waals surface area contributed by atoms with Gasteiger partial charge in [-0.05, 0) is 73.7 Å². The van der Waals surface area contributed by atoms with E-state index in [1.54, 1.807) is 4.68 Å². The lowest BCUT2D eigenvalue weighted by atomic mass is 10.0. The van der Waals surface area contributed by atoms with E-state index in [9.17, 15) is 4.79 Å². The molecule has 0 radical (unpaired) electrons. The van der Waals surface area contributed by atoms with Crippen LogP contribution in [0.1, 0.15) is 42.1 Å². The van der Waals surface area contributed by atoms with Gasteiger partial charge in [0.2, 0.25) is 0 Å². The van der Waals surface area contributed by atoms with Gasteiger partial charge in [-0.1, -0.05) is 65.7 Å². The molecule has 1 aromatic heterocycles. The molecule has 0 spiro atoms. The van der Waals surface area contributed by atoms with E-state index in [0.717, 1.165) is 77.4 Å². The molecule has 1 unspecified atom stereocenters. The maximum atomic E-state index is 13.5. The molecule has 0 bridgehead atoms. The van der Waals surface area contributed by atoms with Crippen molar-refractivity contribution < 1.29 is 0 Å². The Bertz CT molecular complexity index is 1370. The molecule has 4 aromatic rings. The summed E-state index contributed by atoms with van der Waals surface area (Å²) in [7, 11) is 0. The van der Waals surface area contributed by atoms with Crippen LogP contribution in [-0.2, 0) is 12.8 Å². The van der Waals surface area contributed by atoms with Crippen LogP contribution in [0.2, 0.25) is 10.0 Å². The summed E-state index contributed by atoms with van der Waals surface area (Å²) in [6, 6.07) is 23.9. The highest BCUT2D eigenvalue weighted by atomic mass is 35.5. The number of hydrogen-bond acceptors (Lipinski definition) is 3. The summed E-state index contributed by atoms with van der Waals surface area (Å²) >= 11 is 12.2. The van der Waals surface area contributed by atoms with Gasteiger partial charge in [-0.25, -0.2) is 4.68 Å². The number of nitrogens with zero attached hydrogens (tertiary/aromatic N) is 3. The number of likely N-dealkylation sites (tertiary alicyclic amines) is 1. The predicted molar refractivity (Wildman–Crippen MR) is 145 cm³/mol. The maximum Gasteiger partial charge on any atom is 0.274 e. The number of aromatic nitrogens is 2. The predicted octanol–water partition coefficient (Wildman–Crippen LogP) is 6.56. The van der Waals surface area contributed by atoms with Gasteiger partial charge in [0.1, 0.15) is 0 Å². The molecule has 35 heavy (non-hydrogen) atoms. The Kier molecular flexibility index (Phi) is 7.52. The fourth-order valence-electron chi connectivity index (χ4n) is 5.03. The third kappa shape index (κ3) is 5.78. The Morgan fingerprint density at radius 2 is 1.63 bits per heavy atom. The Balaban J connectivity index is 1.36. The molecule has 180 valence electrons. The molecule has 0 saturated carbocycles. The smallest absolute Gasteiger partial charge is 0.274 e. The molecule has 5 rings (SSSR count). The van der Waals surface area contributed by atoms with E-state index in [0.29, 0.717) is 6.42 Å². The summed E-state index contributed by atoms with van der Waals surface area (Å²) in [5.74, 6) is 0.